The van der Waals surface area contributed by atoms with Crippen molar-refractivity contribution in [3.05, 3.63) is 54.6 Å². The molecule has 21 heavy (non-hydrogen) atoms. The highest BCUT2D eigenvalue weighted by molar-refractivity contribution is 5.77. The zero-order chi connectivity index (χ0) is 14.8. The number of pyridine rings is 1. The molecule has 1 aromatic carbocycles. The zero-order valence-electron chi connectivity index (χ0n) is 11.3. The van der Waals surface area contributed by atoms with Crippen molar-refractivity contribution >= 4 is 5.69 Å². The first-order chi connectivity index (χ1) is 10.2. The molecule has 2 N–H and O–H groups in total. The van der Waals surface area contributed by atoms with Crippen molar-refractivity contribution in [1.82, 2.24) is 14.8 Å². The number of anilines is 1. The van der Waals surface area contributed by atoms with Crippen molar-refractivity contribution in [1.29, 1.82) is 0 Å². The first kappa shape index (κ1) is 13.1. The molecule has 3 rings (SSSR count). The Kier molecular flexibility index (Phi) is 3.27. The maximum atomic E-state index is 14.1. The van der Waals surface area contributed by atoms with Crippen LogP contribution in [-0.2, 0) is 0 Å². The van der Waals surface area contributed by atoms with E-state index < -0.39 is 5.82 Å². The van der Waals surface area contributed by atoms with Crippen LogP contribution in [0.1, 0.15) is 0 Å². The molecule has 0 aliphatic rings. The molecule has 2 heterocycles. The van der Waals surface area contributed by atoms with Crippen LogP contribution in [0.15, 0.2) is 48.8 Å². The minimum absolute atomic E-state index is 0.243. The molecule has 106 valence electrons. The Bertz CT molecular complexity index is 771. The number of nitrogens with zero attached hydrogens (tertiary/aromatic N) is 3. The van der Waals surface area contributed by atoms with E-state index in [0.29, 0.717) is 22.9 Å². The lowest BCUT2D eigenvalue weighted by Gasteiger charge is -2.07. The molecule has 0 aliphatic heterocycles. The third-order valence-corrected chi connectivity index (χ3v) is 3.06. The maximum Gasteiger partial charge on any atom is 0.153 e. The molecule has 0 saturated heterocycles. The predicted molar refractivity (Wildman–Crippen MR) is 77.7 cm³/mol. The molecule has 0 amide bonds. The summed E-state index contributed by atoms with van der Waals surface area (Å²) in [6.45, 7) is 0. The summed E-state index contributed by atoms with van der Waals surface area (Å²) in [6, 6.07) is 10.0. The van der Waals surface area contributed by atoms with Crippen molar-refractivity contribution in [2.75, 3.05) is 12.8 Å². The third-order valence-electron chi connectivity index (χ3n) is 3.06. The Morgan fingerprint density at radius 3 is 2.76 bits per heavy atom. The number of aromatic nitrogens is 3. The molecule has 3 aromatic rings. The number of ether oxygens (including phenoxy) is 1. The summed E-state index contributed by atoms with van der Waals surface area (Å²) in [4.78, 5) is 4.18. The van der Waals surface area contributed by atoms with E-state index in [2.05, 4.69) is 10.1 Å². The molecule has 0 aliphatic carbocycles. The lowest BCUT2D eigenvalue weighted by molar-refractivity contribution is 0.413. The minimum Gasteiger partial charge on any atom is -0.496 e. The van der Waals surface area contributed by atoms with Gasteiger partial charge in [-0.2, -0.15) is 5.10 Å². The lowest BCUT2D eigenvalue weighted by Crippen LogP contribution is -1.98. The van der Waals surface area contributed by atoms with Gasteiger partial charge in [-0.3, -0.25) is 0 Å². The Balaban J connectivity index is 2.15. The van der Waals surface area contributed by atoms with E-state index in [4.69, 9.17) is 10.5 Å². The van der Waals surface area contributed by atoms with Gasteiger partial charge in [-0.15, -0.1) is 0 Å². The molecule has 0 bridgehead atoms. The largest absolute Gasteiger partial charge is 0.496 e. The number of hydrogen-bond acceptors (Lipinski definition) is 4. The summed E-state index contributed by atoms with van der Waals surface area (Å²) >= 11 is 0. The SMILES string of the molecule is COc1cccc(F)c1-c1nn(-c2ccccn2)cc1N. The minimum atomic E-state index is -0.438. The lowest BCUT2D eigenvalue weighted by atomic mass is 10.1. The van der Waals surface area contributed by atoms with Gasteiger partial charge < -0.3 is 10.5 Å². The van der Waals surface area contributed by atoms with E-state index in [9.17, 15) is 4.39 Å². The van der Waals surface area contributed by atoms with Crippen LogP contribution in [0.3, 0.4) is 0 Å². The number of nitrogen functional groups attached to an aromatic ring is 1. The van der Waals surface area contributed by atoms with E-state index in [1.165, 1.54) is 17.9 Å². The summed E-state index contributed by atoms with van der Waals surface area (Å²) < 4.78 is 20.8. The second-order valence-electron chi connectivity index (χ2n) is 4.38. The van der Waals surface area contributed by atoms with Gasteiger partial charge in [-0.05, 0) is 24.3 Å². The van der Waals surface area contributed by atoms with Gasteiger partial charge in [0.2, 0.25) is 0 Å². The molecular weight excluding hydrogens is 271 g/mol. The van der Waals surface area contributed by atoms with Crippen molar-refractivity contribution in [2.45, 2.75) is 0 Å². The fourth-order valence-electron chi connectivity index (χ4n) is 2.09. The zero-order valence-corrected chi connectivity index (χ0v) is 11.3. The first-order valence-electron chi connectivity index (χ1n) is 6.30. The Morgan fingerprint density at radius 1 is 1.19 bits per heavy atom. The average molecular weight is 284 g/mol. The quantitative estimate of drug-likeness (QED) is 0.803. The third kappa shape index (κ3) is 2.31. The Hall–Kier alpha value is -2.89. The topological polar surface area (TPSA) is 66.0 Å². The molecule has 0 saturated carbocycles. The normalized spacial score (nSPS) is 10.6. The molecule has 0 radical (unpaired) electrons. The van der Waals surface area contributed by atoms with Crippen LogP contribution in [0.4, 0.5) is 10.1 Å². The number of halogens is 1. The van der Waals surface area contributed by atoms with Gasteiger partial charge in [-0.25, -0.2) is 14.1 Å². The Morgan fingerprint density at radius 2 is 2.05 bits per heavy atom. The van der Waals surface area contributed by atoms with E-state index in [-0.39, 0.29) is 5.56 Å². The molecule has 5 nitrogen and oxygen atoms in total. The van der Waals surface area contributed by atoms with Crippen LogP contribution in [0.5, 0.6) is 5.75 Å². The smallest absolute Gasteiger partial charge is 0.153 e. The highest BCUT2D eigenvalue weighted by atomic mass is 19.1. The van der Waals surface area contributed by atoms with Gasteiger partial charge in [0.05, 0.1) is 24.6 Å². The second-order valence-corrected chi connectivity index (χ2v) is 4.38. The van der Waals surface area contributed by atoms with Crippen LogP contribution in [0, 0.1) is 5.82 Å². The van der Waals surface area contributed by atoms with Gasteiger partial charge in [0.15, 0.2) is 5.82 Å². The standard InChI is InChI=1S/C15H13FN4O/c1-21-12-6-4-5-10(16)14(12)15-11(17)9-20(19-15)13-7-2-3-8-18-13/h2-9H,17H2,1H3. The van der Waals surface area contributed by atoms with Crippen molar-refractivity contribution in [2.24, 2.45) is 0 Å². The number of nitrogens with two attached hydrogens (primary N) is 1. The summed E-state index contributed by atoms with van der Waals surface area (Å²) in [5, 5.41) is 4.33. The second kappa shape index (κ2) is 5.24. The molecule has 2 aromatic heterocycles. The highest BCUT2D eigenvalue weighted by Crippen LogP contribution is 2.35. The van der Waals surface area contributed by atoms with Crippen LogP contribution in [-0.4, -0.2) is 21.9 Å². The molecular formula is C15H13FN4O. The predicted octanol–water partition coefficient (Wildman–Crippen LogP) is 2.66. The number of rotatable bonds is 3. The Labute approximate surface area is 120 Å². The van der Waals surface area contributed by atoms with Crippen molar-refractivity contribution < 1.29 is 9.13 Å². The fraction of sp³-hybridized carbons (Fsp3) is 0.0667. The summed E-state index contributed by atoms with van der Waals surface area (Å²) in [6.07, 6.45) is 3.25. The van der Waals surface area contributed by atoms with E-state index in [1.54, 1.807) is 36.7 Å². The number of methoxy groups -OCH3 is 1. The van der Waals surface area contributed by atoms with E-state index in [1.807, 2.05) is 6.07 Å². The molecule has 0 atom stereocenters. The first-order valence-corrected chi connectivity index (χ1v) is 6.30. The highest BCUT2D eigenvalue weighted by Gasteiger charge is 2.18. The van der Waals surface area contributed by atoms with Gasteiger partial charge in [-0.1, -0.05) is 12.1 Å². The fourth-order valence-corrected chi connectivity index (χ4v) is 2.09. The monoisotopic (exact) mass is 284 g/mol. The van der Waals surface area contributed by atoms with Crippen LogP contribution in [0.2, 0.25) is 0 Å². The molecule has 0 spiro atoms. The van der Waals surface area contributed by atoms with Gasteiger partial charge in [0, 0.05) is 6.20 Å². The summed E-state index contributed by atoms with van der Waals surface area (Å²) in [7, 11) is 1.48. The van der Waals surface area contributed by atoms with Crippen molar-refractivity contribution in [3.8, 4) is 22.8 Å². The summed E-state index contributed by atoms with van der Waals surface area (Å²) in [5.41, 5.74) is 6.89. The summed E-state index contributed by atoms with van der Waals surface area (Å²) in [5.74, 6) is 0.547. The molecule has 6 heteroatoms. The van der Waals surface area contributed by atoms with Gasteiger partial charge in [0.25, 0.3) is 0 Å². The van der Waals surface area contributed by atoms with Crippen LogP contribution >= 0.6 is 0 Å². The van der Waals surface area contributed by atoms with Crippen LogP contribution in [0.25, 0.3) is 17.1 Å². The van der Waals surface area contributed by atoms with E-state index >= 15 is 0 Å². The number of hydrogen-bond donors (Lipinski definition) is 1. The van der Waals surface area contributed by atoms with E-state index in [0.717, 1.165) is 0 Å². The van der Waals surface area contributed by atoms with Crippen LogP contribution < -0.4 is 10.5 Å². The maximum absolute atomic E-state index is 14.1. The van der Waals surface area contributed by atoms with Gasteiger partial charge in [0.1, 0.15) is 17.3 Å². The molecule has 0 unspecified atom stereocenters. The molecule has 0 fully saturated rings. The van der Waals surface area contributed by atoms with Crippen molar-refractivity contribution in [3.63, 3.8) is 0 Å². The van der Waals surface area contributed by atoms with Gasteiger partial charge >= 0.3 is 0 Å². The number of benzene rings is 1. The average Bonchev–Trinajstić information content (AvgIpc) is 2.89.